The second-order valence-electron chi connectivity index (χ2n) is 8.77. The quantitative estimate of drug-likeness (QED) is 0.461. The molecule has 3 aromatic carbocycles. The predicted molar refractivity (Wildman–Crippen MR) is 126 cm³/mol. The fraction of sp³-hybridized carbons (Fsp3) is 0.286. The molecule has 0 bridgehead atoms. The molecule has 1 fully saturated rings. The molecule has 1 aliphatic rings. The molecule has 0 aliphatic heterocycles. The van der Waals surface area contributed by atoms with Gasteiger partial charge in [0.15, 0.2) is 0 Å². The van der Waals surface area contributed by atoms with Crippen LogP contribution in [0.3, 0.4) is 0 Å². The van der Waals surface area contributed by atoms with Crippen LogP contribution in [0.1, 0.15) is 54.0 Å². The van der Waals surface area contributed by atoms with E-state index in [1.54, 1.807) is 42.5 Å². The molecular weight excluding hydrogens is 417 g/mol. The Balaban J connectivity index is 1.67. The van der Waals surface area contributed by atoms with E-state index in [-0.39, 0.29) is 0 Å². The zero-order valence-corrected chi connectivity index (χ0v) is 18.9. The second kappa shape index (κ2) is 9.57. The van der Waals surface area contributed by atoms with Crippen molar-refractivity contribution >= 4 is 17.6 Å². The summed E-state index contributed by atoms with van der Waals surface area (Å²) in [5.41, 5.74) is 2.41. The average molecular weight is 446 g/mol. The zero-order valence-electron chi connectivity index (χ0n) is 18.9. The van der Waals surface area contributed by atoms with Crippen LogP contribution >= 0.6 is 0 Å². The number of esters is 1. The van der Waals surface area contributed by atoms with Gasteiger partial charge >= 0.3 is 5.97 Å². The van der Waals surface area contributed by atoms with Gasteiger partial charge in [-0.1, -0.05) is 73.5 Å². The van der Waals surface area contributed by atoms with E-state index >= 15 is 0 Å². The van der Waals surface area contributed by atoms with Crippen LogP contribution in [0.15, 0.2) is 72.8 Å². The van der Waals surface area contributed by atoms with Crippen molar-refractivity contribution in [3.8, 4) is 0 Å². The van der Waals surface area contributed by atoms with Gasteiger partial charge in [-0.2, -0.15) is 0 Å². The molecule has 0 saturated heterocycles. The molecular formula is C28H28FNO3. The third kappa shape index (κ3) is 4.68. The number of carbonyl (C=O) groups excluding carboxylic acids is 2. The Labute approximate surface area is 193 Å². The summed E-state index contributed by atoms with van der Waals surface area (Å²) in [4.78, 5) is 27.0. The summed E-state index contributed by atoms with van der Waals surface area (Å²) >= 11 is 0. The molecule has 1 amide bonds. The van der Waals surface area contributed by atoms with Gasteiger partial charge in [-0.3, -0.25) is 9.59 Å². The fourth-order valence-corrected chi connectivity index (χ4v) is 4.60. The maximum absolute atomic E-state index is 14.7. The smallest absolute Gasteiger partial charge is 0.317 e. The van der Waals surface area contributed by atoms with Crippen molar-refractivity contribution in [1.29, 1.82) is 0 Å². The van der Waals surface area contributed by atoms with E-state index in [9.17, 15) is 14.0 Å². The van der Waals surface area contributed by atoms with Gasteiger partial charge in [-0.05, 0) is 49.9 Å². The van der Waals surface area contributed by atoms with Crippen LogP contribution in [0, 0.1) is 19.7 Å². The number of rotatable bonds is 6. The van der Waals surface area contributed by atoms with Crippen LogP contribution in [0.4, 0.5) is 10.1 Å². The fourth-order valence-electron chi connectivity index (χ4n) is 4.60. The van der Waals surface area contributed by atoms with Gasteiger partial charge in [0.2, 0.25) is 6.10 Å². The van der Waals surface area contributed by atoms with Crippen LogP contribution < -0.4 is 5.32 Å². The van der Waals surface area contributed by atoms with E-state index in [1.807, 2.05) is 38.1 Å². The Bertz CT molecular complexity index is 1150. The molecule has 0 spiro atoms. The molecule has 0 radical (unpaired) electrons. The summed E-state index contributed by atoms with van der Waals surface area (Å²) in [5, 5.41) is 2.92. The number of amides is 1. The molecule has 1 N–H and O–H groups in total. The third-order valence-corrected chi connectivity index (χ3v) is 6.45. The van der Waals surface area contributed by atoms with Crippen molar-refractivity contribution in [3.05, 3.63) is 101 Å². The third-order valence-electron chi connectivity index (χ3n) is 6.45. The minimum Gasteiger partial charge on any atom is -0.447 e. The Morgan fingerprint density at radius 1 is 0.939 bits per heavy atom. The highest BCUT2D eigenvalue weighted by molar-refractivity contribution is 5.97. The molecule has 4 nitrogen and oxygen atoms in total. The standard InChI is InChI=1S/C28H28FNO3/c1-19-14-15-20(2)24(18-19)30-26(31)25(21-10-4-3-5-11-21)33-27(32)28(16-8-9-17-28)22-12-6-7-13-23(22)29/h3-7,10-15,18,25H,8-9,16-17H2,1-2H3,(H,30,31). The van der Waals surface area contributed by atoms with Gasteiger partial charge in [0.25, 0.3) is 5.91 Å². The number of aryl methyl sites for hydroxylation is 2. The largest absolute Gasteiger partial charge is 0.447 e. The summed E-state index contributed by atoms with van der Waals surface area (Å²) in [6, 6.07) is 21.1. The first-order valence-electron chi connectivity index (χ1n) is 11.3. The number of ether oxygens (including phenoxy) is 1. The maximum atomic E-state index is 14.7. The molecule has 0 aromatic heterocycles. The number of nitrogens with one attached hydrogen (secondary N) is 1. The van der Waals surface area contributed by atoms with Crippen molar-refractivity contribution in [1.82, 2.24) is 0 Å². The summed E-state index contributed by atoms with van der Waals surface area (Å²) in [7, 11) is 0. The Morgan fingerprint density at radius 2 is 1.61 bits per heavy atom. The molecule has 33 heavy (non-hydrogen) atoms. The van der Waals surface area contributed by atoms with Crippen molar-refractivity contribution in [2.45, 2.75) is 51.0 Å². The van der Waals surface area contributed by atoms with Crippen LogP contribution in [-0.4, -0.2) is 11.9 Å². The van der Waals surface area contributed by atoms with E-state index in [4.69, 9.17) is 4.74 Å². The van der Waals surface area contributed by atoms with Crippen molar-refractivity contribution in [3.63, 3.8) is 0 Å². The van der Waals surface area contributed by atoms with Gasteiger partial charge in [-0.25, -0.2) is 4.39 Å². The number of hydrogen-bond acceptors (Lipinski definition) is 3. The summed E-state index contributed by atoms with van der Waals surface area (Å²) in [6.45, 7) is 3.85. The monoisotopic (exact) mass is 445 g/mol. The first kappa shape index (κ1) is 22.7. The number of carbonyl (C=O) groups is 2. The van der Waals surface area contributed by atoms with Gasteiger partial charge in [0.05, 0.1) is 5.41 Å². The van der Waals surface area contributed by atoms with Gasteiger partial charge in [0, 0.05) is 16.8 Å². The minimum atomic E-state index is -1.15. The molecule has 4 rings (SSSR count). The topological polar surface area (TPSA) is 55.4 Å². The van der Waals surface area contributed by atoms with Crippen LogP contribution in [0.2, 0.25) is 0 Å². The highest BCUT2D eigenvalue weighted by atomic mass is 19.1. The van der Waals surface area contributed by atoms with E-state index in [1.165, 1.54) is 6.07 Å². The second-order valence-corrected chi connectivity index (χ2v) is 8.77. The van der Waals surface area contributed by atoms with Crippen molar-refractivity contribution < 1.29 is 18.7 Å². The first-order chi connectivity index (χ1) is 15.9. The lowest BCUT2D eigenvalue weighted by atomic mass is 9.78. The molecule has 1 unspecified atom stereocenters. The Kier molecular flexibility index (Phi) is 6.59. The van der Waals surface area contributed by atoms with E-state index in [2.05, 4.69) is 5.32 Å². The minimum absolute atomic E-state index is 0.342. The summed E-state index contributed by atoms with van der Waals surface area (Å²) in [5.74, 6) is -1.42. The maximum Gasteiger partial charge on any atom is 0.317 e. The van der Waals surface area contributed by atoms with Crippen LogP contribution in [0.25, 0.3) is 0 Å². The molecule has 3 aromatic rings. The molecule has 1 saturated carbocycles. The highest BCUT2D eigenvalue weighted by Gasteiger charge is 2.47. The molecule has 1 aliphatic carbocycles. The summed E-state index contributed by atoms with van der Waals surface area (Å²) in [6.07, 6.45) is 1.44. The van der Waals surface area contributed by atoms with Crippen LogP contribution in [-0.2, 0) is 19.7 Å². The highest BCUT2D eigenvalue weighted by Crippen LogP contribution is 2.44. The lowest BCUT2D eigenvalue weighted by Gasteiger charge is -2.30. The lowest BCUT2D eigenvalue weighted by Crippen LogP contribution is -2.38. The Morgan fingerprint density at radius 3 is 2.30 bits per heavy atom. The number of hydrogen-bond donors (Lipinski definition) is 1. The molecule has 1 atom stereocenters. The molecule has 0 heterocycles. The lowest BCUT2D eigenvalue weighted by molar-refractivity contribution is -0.160. The van der Waals surface area contributed by atoms with Gasteiger partial charge in [0.1, 0.15) is 5.82 Å². The van der Waals surface area contributed by atoms with Gasteiger partial charge < -0.3 is 10.1 Å². The molecule has 170 valence electrons. The van der Waals surface area contributed by atoms with Crippen molar-refractivity contribution in [2.24, 2.45) is 0 Å². The van der Waals surface area contributed by atoms with Crippen LogP contribution in [0.5, 0.6) is 0 Å². The van der Waals surface area contributed by atoms with E-state index < -0.39 is 29.2 Å². The summed E-state index contributed by atoms with van der Waals surface area (Å²) < 4.78 is 20.7. The number of halogens is 1. The van der Waals surface area contributed by atoms with Gasteiger partial charge in [-0.15, -0.1) is 0 Å². The molecule has 5 heteroatoms. The predicted octanol–water partition coefficient (Wildman–Crippen LogP) is 6.18. The van der Waals surface area contributed by atoms with E-state index in [0.717, 1.165) is 24.0 Å². The first-order valence-corrected chi connectivity index (χ1v) is 11.3. The van der Waals surface area contributed by atoms with E-state index in [0.29, 0.717) is 29.7 Å². The average Bonchev–Trinajstić information content (AvgIpc) is 3.31. The normalized spacial score (nSPS) is 15.6. The Hall–Kier alpha value is -3.47. The number of anilines is 1. The SMILES string of the molecule is Cc1ccc(C)c(NC(=O)C(OC(=O)C2(c3ccccc3F)CCCC2)c2ccccc2)c1. The van der Waals surface area contributed by atoms with Crippen molar-refractivity contribution in [2.75, 3.05) is 5.32 Å². The number of benzene rings is 3. The zero-order chi connectivity index (χ0) is 23.4.